The van der Waals surface area contributed by atoms with E-state index >= 15 is 0 Å². The summed E-state index contributed by atoms with van der Waals surface area (Å²) >= 11 is 1.78. The zero-order valence-corrected chi connectivity index (χ0v) is 10.8. The van der Waals surface area contributed by atoms with Gasteiger partial charge in [-0.2, -0.15) is 0 Å². The van der Waals surface area contributed by atoms with Crippen LogP contribution in [0.15, 0.2) is 0 Å². The zero-order valence-electron chi connectivity index (χ0n) is 9.96. The van der Waals surface area contributed by atoms with Gasteiger partial charge in [-0.15, -0.1) is 11.3 Å². The summed E-state index contributed by atoms with van der Waals surface area (Å²) in [7, 11) is 1.74. The van der Waals surface area contributed by atoms with Crippen molar-refractivity contribution in [2.75, 3.05) is 13.7 Å². The van der Waals surface area contributed by atoms with Crippen LogP contribution in [0.4, 0.5) is 0 Å². The van der Waals surface area contributed by atoms with Gasteiger partial charge >= 0.3 is 0 Å². The molecule has 0 saturated carbocycles. The summed E-state index contributed by atoms with van der Waals surface area (Å²) < 4.78 is 5.04. The lowest BCUT2D eigenvalue weighted by molar-refractivity contribution is 0.184. The molecular formula is C11H20N2OS. The maximum atomic E-state index is 5.04. The number of thiazole rings is 1. The second-order valence-electron chi connectivity index (χ2n) is 3.80. The summed E-state index contributed by atoms with van der Waals surface area (Å²) in [4.78, 5) is 5.75. The van der Waals surface area contributed by atoms with Gasteiger partial charge in [0.1, 0.15) is 0 Å². The van der Waals surface area contributed by atoms with Crippen LogP contribution in [0.2, 0.25) is 0 Å². The number of hydrogen-bond donors (Lipinski definition) is 1. The number of hydrogen-bond acceptors (Lipinski definition) is 4. The summed E-state index contributed by atoms with van der Waals surface area (Å²) in [6.45, 7) is 8.04. The standard InChI is InChI=1S/C11H20N2OS/c1-8(5-6-14-4)12-7-11-9(2)13-10(3)15-11/h8,12H,5-7H2,1-4H3. The SMILES string of the molecule is COCCC(C)NCc1sc(C)nc1C. The highest BCUT2D eigenvalue weighted by Crippen LogP contribution is 2.16. The average molecular weight is 228 g/mol. The van der Waals surface area contributed by atoms with E-state index in [1.165, 1.54) is 4.88 Å². The number of ether oxygens (including phenoxy) is 1. The molecule has 1 unspecified atom stereocenters. The van der Waals surface area contributed by atoms with Crippen LogP contribution >= 0.6 is 11.3 Å². The molecule has 0 aliphatic carbocycles. The van der Waals surface area contributed by atoms with Crippen LogP contribution in [0, 0.1) is 13.8 Å². The van der Waals surface area contributed by atoms with E-state index in [1.807, 2.05) is 0 Å². The molecular weight excluding hydrogens is 208 g/mol. The third-order valence-electron chi connectivity index (χ3n) is 2.37. The van der Waals surface area contributed by atoms with E-state index in [9.17, 15) is 0 Å². The fourth-order valence-electron chi connectivity index (χ4n) is 1.40. The Balaban J connectivity index is 2.33. The highest BCUT2D eigenvalue weighted by atomic mass is 32.1. The second-order valence-corrected chi connectivity index (χ2v) is 5.09. The molecule has 1 aromatic heterocycles. The Morgan fingerprint density at radius 2 is 2.20 bits per heavy atom. The van der Waals surface area contributed by atoms with Crippen molar-refractivity contribution in [2.24, 2.45) is 0 Å². The first-order valence-corrected chi connectivity index (χ1v) is 6.10. The molecule has 3 nitrogen and oxygen atoms in total. The molecule has 1 heterocycles. The predicted molar refractivity (Wildman–Crippen MR) is 64.4 cm³/mol. The van der Waals surface area contributed by atoms with E-state index in [2.05, 4.69) is 31.1 Å². The summed E-state index contributed by atoms with van der Waals surface area (Å²) in [5.74, 6) is 0. The van der Waals surface area contributed by atoms with Gasteiger partial charge in [0.2, 0.25) is 0 Å². The van der Waals surface area contributed by atoms with Gasteiger partial charge in [0.15, 0.2) is 0 Å². The lowest BCUT2D eigenvalue weighted by Crippen LogP contribution is -2.26. The smallest absolute Gasteiger partial charge is 0.0900 e. The quantitative estimate of drug-likeness (QED) is 0.811. The predicted octanol–water partition coefficient (Wildman–Crippen LogP) is 2.27. The van der Waals surface area contributed by atoms with Crippen molar-refractivity contribution in [3.8, 4) is 0 Å². The van der Waals surface area contributed by atoms with Crippen LogP contribution in [-0.2, 0) is 11.3 Å². The molecule has 0 saturated heterocycles. The van der Waals surface area contributed by atoms with Crippen molar-refractivity contribution in [1.82, 2.24) is 10.3 Å². The number of aromatic nitrogens is 1. The zero-order chi connectivity index (χ0) is 11.3. The van der Waals surface area contributed by atoms with Gasteiger partial charge in [-0.1, -0.05) is 0 Å². The first kappa shape index (κ1) is 12.6. The van der Waals surface area contributed by atoms with Gasteiger partial charge in [-0.05, 0) is 27.2 Å². The molecule has 4 heteroatoms. The largest absolute Gasteiger partial charge is 0.385 e. The van der Waals surface area contributed by atoms with Crippen LogP contribution in [0.25, 0.3) is 0 Å². The highest BCUT2D eigenvalue weighted by Gasteiger charge is 2.06. The number of nitrogens with zero attached hydrogens (tertiary/aromatic N) is 1. The molecule has 86 valence electrons. The van der Waals surface area contributed by atoms with Crippen LogP contribution in [-0.4, -0.2) is 24.7 Å². The van der Waals surface area contributed by atoms with Crippen molar-refractivity contribution >= 4 is 11.3 Å². The van der Waals surface area contributed by atoms with Crippen molar-refractivity contribution in [3.05, 3.63) is 15.6 Å². The van der Waals surface area contributed by atoms with Crippen LogP contribution in [0.1, 0.15) is 28.9 Å². The summed E-state index contributed by atoms with van der Waals surface area (Å²) in [5.41, 5.74) is 1.16. The van der Waals surface area contributed by atoms with E-state index < -0.39 is 0 Å². The van der Waals surface area contributed by atoms with Crippen molar-refractivity contribution in [3.63, 3.8) is 0 Å². The Morgan fingerprint density at radius 1 is 1.47 bits per heavy atom. The van der Waals surface area contributed by atoms with E-state index in [0.29, 0.717) is 6.04 Å². The molecule has 1 aromatic rings. The molecule has 0 bridgehead atoms. The molecule has 1 rings (SSSR count). The van der Waals surface area contributed by atoms with Crippen LogP contribution < -0.4 is 5.32 Å². The first-order chi connectivity index (χ1) is 7.13. The summed E-state index contributed by atoms with van der Waals surface area (Å²) in [6.07, 6.45) is 1.05. The lowest BCUT2D eigenvalue weighted by Gasteiger charge is -2.12. The fraction of sp³-hybridized carbons (Fsp3) is 0.727. The maximum absolute atomic E-state index is 5.04. The van der Waals surface area contributed by atoms with Gasteiger partial charge in [-0.25, -0.2) is 4.98 Å². The molecule has 0 aliphatic heterocycles. The third-order valence-corrected chi connectivity index (χ3v) is 3.44. The van der Waals surface area contributed by atoms with Crippen LogP contribution in [0.5, 0.6) is 0 Å². The van der Waals surface area contributed by atoms with Gasteiger partial charge in [0.05, 0.1) is 10.7 Å². The van der Waals surface area contributed by atoms with E-state index in [1.54, 1.807) is 18.4 Å². The van der Waals surface area contributed by atoms with Crippen molar-refractivity contribution < 1.29 is 4.74 Å². The molecule has 0 radical (unpaired) electrons. The maximum Gasteiger partial charge on any atom is 0.0900 e. The van der Waals surface area contributed by atoms with E-state index in [4.69, 9.17) is 4.74 Å². The average Bonchev–Trinajstić information content (AvgIpc) is 2.51. The van der Waals surface area contributed by atoms with Crippen molar-refractivity contribution in [1.29, 1.82) is 0 Å². The molecule has 0 fully saturated rings. The summed E-state index contributed by atoms with van der Waals surface area (Å²) in [5, 5.41) is 4.63. The number of nitrogens with one attached hydrogen (secondary N) is 1. The molecule has 15 heavy (non-hydrogen) atoms. The number of aryl methyl sites for hydroxylation is 2. The summed E-state index contributed by atoms with van der Waals surface area (Å²) in [6, 6.07) is 0.492. The molecule has 0 amide bonds. The Hall–Kier alpha value is -0.450. The molecule has 0 aromatic carbocycles. The highest BCUT2D eigenvalue weighted by molar-refractivity contribution is 7.11. The Labute approximate surface area is 95.9 Å². The van der Waals surface area contributed by atoms with Gasteiger partial charge < -0.3 is 10.1 Å². The van der Waals surface area contributed by atoms with Gasteiger partial charge in [-0.3, -0.25) is 0 Å². The van der Waals surface area contributed by atoms with Gasteiger partial charge in [0, 0.05) is 31.2 Å². The first-order valence-electron chi connectivity index (χ1n) is 5.28. The van der Waals surface area contributed by atoms with E-state index in [-0.39, 0.29) is 0 Å². The minimum atomic E-state index is 0.492. The number of rotatable bonds is 6. The Bertz CT molecular complexity index is 299. The molecule has 0 spiro atoms. The van der Waals surface area contributed by atoms with Crippen molar-refractivity contribution in [2.45, 2.75) is 39.8 Å². The third kappa shape index (κ3) is 4.28. The van der Waals surface area contributed by atoms with E-state index in [0.717, 1.165) is 30.3 Å². The monoisotopic (exact) mass is 228 g/mol. The molecule has 1 N–H and O–H groups in total. The Morgan fingerprint density at radius 3 is 2.73 bits per heavy atom. The minimum Gasteiger partial charge on any atom is -0.385 e. The minimum absolute atomic E-state index is 0.492. The Kier molecular flexibility index (Phi) is 5.22. The fourth-order valence-corrected chi connectivity index (χ4v) is 2.29. The molecule has 1 atom stereocenters. The topological polar surface area (TPSA) is 34.1 Å². The van der Waals surface area contributed by atoms with Crippen LogP contribution in [0.3, 0.4) is 0 Å². The number of methoxy groups -OCH3 is 1. The lowest BCUT2D eigenvalue weighted by atomic mass is 10.2. The second kappa shape index (κ2) is 6.20. The molecule has 0 aliphatic rings. The van der Waals surface area contributed by atoms with Gasteiger partial charge in [0.25, 0.3) is 0 Å². The normalized spacial score (nSPS) is 13.1.